The molecule has 0 spiro atoms. The molecule has 1 saturated carbocycles. The van der Waals surface area contributed by atoms with E-state index in [0.717, 1.165) is 23.6 Å². The number of nitrogens with zero attached hydrogens (tertiary/aromatic N) is 3. The smallest absolute Gasteiger partial charge is 0.323 e. The number of hydrogen-bond acceptors (Lipinski definition) is 6. The average Bonchev–Trinajstić information content (AvgIpc) is 3.21. The SMILES string of the molecule is COC(=O)C(CSc1nnc2ccccn12)NC1CC1. The lowest BCUT2D eigenvalue weighted by atomic mass is 10.3. The Kier molecular flexibility index (Phi) is 3.88. The first-order valence-electron chi connectivity index (χ1n) is 6.54. The molecule has 2 aromatic rings. The van der Waals surface area contributed by atoms with Gasteiger partial charge in [0, 0.05) is 18.0 Å². The number of pyridine rings is 1. The minimum atomic E-state index is -0.298. The number of esters is 1. The first kappa shape index (κ1) is 13.4. The predicted octanol–water partition coefficient (Wildman–Crippen LogP) is 1.11. The number of methoxy groups -OCH3 is 1. The van der Waals surface area contributed by atoms with Crippen molar-refractivity contribution < 1.29 is 9.53 Å². The quantitative estimate of drug-likeness (QED) is 0.635. The first-order chi connectivity index (χ1) is 9.78. The van der Waals surface area contributed by atoms with E-state index in [2.05, 4.69) is 15.5 Å². The number of rotatable bonds is 6. The fraction of sp³-hybridized carbons (Fsp3) is 0.462. The molecule has 0 amide bonds. The summed E-state index contributed by atoms with van der Waals surface area (Å²) in [5, 5.41) is 12.3. The molecule has 106 valence electrons. The van der Waals surface area contributed by atoms with Gasteiger partial charge in [-0.1, -0.05) is 17.8 Å². The van der Waals surface area contributed by atoms with Crippen molar-refractivity contribution in [2.75, 3.05) is 12.9 Å². The van der Waals surface area contributed by atoms with Gasteiger partial charge in [0.15, 0.2) is 10.8 Å². The maximum absolute atomic E-state index is 11.8. The van der Waals surface area contributed by atoms with E-state index in [9.17, 15) is 4.79 Å². The van der Waals surface area contributed by atoms with Crippen LogP contribution in [0.15, 0.2) is 29.6 Å². The Balaban J connectivity index is 1.68. The molecule has 0 radical (unpaired) electrons. The number of carbonyl (C=O) groups excluding carboxylic acids is 1. The third-order valence-electron chi connectivity index (χ3n) is 3.16. The molecule has 7 heteroatoms. The van der Waals surface area contributed by atoms with Crippen LogP contribution in [-0.4, -0.2) is 45.5 Å². The molecule has 1 aliphatic rings. The Bertz CT molecular complexity index is 611. The first-order valence-corrected chi connectivity index (χ1v) is 7.53. The number of hydrogen-bond donors (Lipinski definition) is 1. The van der Waals surface area contributed by atoms with Gasteiger partial charge in [0.2, 0.25) is 0 Å². The van der Waals surface area contributed by atoms with Gasteiger partial charge in [0.25, 0.3) is 0 Å². The molecule has 1 aliphatic carbocycles. The monoisotopic (exact) mass is 292 g/mol. The number of aromatic nitrogens is 3. The lowest BCUT2D eigenvalue weighted by molar-refractivity contribution is -0.142. The largest absolute Gasteiger partial charge is 0.468 e. The molecule has 1 N–H and O–H groups in total. The van der Waals surface area contributed by atoms with Crippen molar-refractivity contribution in [2.24, 2.45) is 0 Å². The van der Waals surface area contributed by atoms with Crippen LogP contribution < -0.4 is 5.32 Å². The van der Waals surface area contributed by atoms with Crippen LogP contribution in [0.1, 0.15) is 12.8 Å². The predicted molar refractivity (Wildman–Crippen MR) is 75.7 cm³/mol. The third-order valence-corrected chi connectivity index (χ3v) is 4.20. The lowest BCUT2D eigenvalue weighted by Crippen LogP contribution is -2.41. The molecule has 20 heavy (non-hydrogen) atoms. The molecule has 2 heterocycles. The Labute approximate surface area is 120 Å². The van der Waals surface area contributed by atoms with Crippen molar-refractivity contribution in [3.63, 3.8) is 0 Å². The second kappa shape index (κ2) is 5.80. The van der Waals surface area contributed by atoms with Crippen molar-refractivity contribution in [3.05, 3.63) is 24.4 Å². The summed E-state index contributed by atoms with van der Waals surface area (Å²) in [7, 11) is 1.42. The van der Waals surface area contributed by atoms with E-state index in [-0.39, 0.29) is 12.0 Å². The molecule has 0 saturated heterocycles. The van der Waals surface area contributed by atoms with Gasteiger partial charge in [0.05, 0.1) is 7.11 Å². The van der Waals surface area contributed by atoms with Crippen LogP contribution in [0.5, 0.6) is 0 Å². The van der Waals surface area contributed by atoms with Gasteiger partial charge in [-0.05, 0) is 25.0 Å². The number of ether oxygens (including phenoxy) is 1. The Morgan fingerprint density at radius 1 is 1.55 bits per heavy atom. The van der Waals surface area contributed by atoms with Crippen molar-refractivity contribution in [3.8, 4) is 0 Å². The standard InChI is InChI=1S/C13H16N4O2S/c1-19-12(18)10(14-9-5-6-9)8-20-13-16-15-11-4-2-3-7-17(11)13/h2-4,7,9-10,14H,5-6,8H2,1H3. The van der Waals surface area contributed by atoms with Crippen LogP contribution in [0, 0.1) is 0 Å². The fourth-order valence-electron chi connectivity index (χ4n) is 1.94. The second-order valence-electron chi connectivity index (χ2n) is 4.74. The van der Waals surface area contributed by atoms with Gasteiger partial charge in [-0.25, -0.2) is 0 Å². The van der Waals surface area contributed by atoms with Crippen molar-refractivity contribution in [1.29, 1.82) is 0 Å². The highest BCUT2D eigenvalue weighted by Crippen LogP contribution is 2.22. The Hall–Kier alpha value is -1.60. The van der Waals surface area contributed by atoms with Gasteiger partial charge < -0.3 is 10.1 Å². The highest BCUT2D eigenvalue weighted by atomic mass is 32.2. The van der Waals surface area contributed by atoms with Gasteiger partial charge in [-0.15, -0.1) is 10.2 Å². The van der Waals surface area contributed by atoms with Gasteiger partial charge in [0.1, 0.15) is 6.04 Å². The summed E-state index contributed by atoms with van der Waals surface area (Å²) in [5.74, 6) is 0.358. The van der Waals surface area contributed by atoms with E-state index >= 15 is 0 Å². The summed E-state index contributed by atoms with van der Waals surface area (Å²) in [6.07, 6.45) is 4.18. The number of fused-ring (bicyclic) bond motifs is 1. The summed E-state index contributed by atoms with van der Waals surface area (Å²) >= 11 is 1.50. The zero-order valence-electron chi connectivity index (χ0n) is 11.2. The Morgan fingerprint density at radius 3 is 3.15 bits per heavy atom. The lowest BCUT2D eigenvalue weighted by Gasteiger charge is -2.14. The summed E-state index contributed by atoms with van der Waals surface area (Å²) in [6, 6.07) is 5.91. The molecule has 0 aliphatic heterocycles. The maximum Gasteiger partial charge on any atom is 0.323 e. The zero-order chi connectivity index (χ0) is 13.9. The molecule has 0 bridgehead atoms. The van der Waals surface area contributed by atoms with Crippen LogP contribution in [0.4, 0.5) is 0 Å². The van der Waals surface area contributed by atoms with Gasteiger partial charge in [-0.2, -0.15) is 0 Å². The third kappa shape index (κ3) is 2.94. The molecular formula is C13H16N4O2S. The molecule has 3 rings (SSSR count). The van der Waals surface area contributed by atoms with Crippen LogP contribution in [0.3, 0.4) is 0 Å². The van der Waals surface area contributed by atoms with E-state index in [0.29, 0.717) is 11.8 Å². The van der Waals surface area contributed by atoms with Crippen LogP contribution in [-0.2, 0) is 9.53 Å². The summed E-state index contributed by atoms with van der Waals surface area (Å²) in [6.45, 7) is 0. The van der Waals surface area contributed by atoms with E-state index in [1.807, 2.05) is 28.8 Å². The van der Waals surface area contributed by atoms with E-state index in [1.165, 1.54) is 18.9 Å². The number of nitrogens with one attached hydrogen (secondary N) is 1. The van der Waals surface area contributed by atoms with Crippen LogP contribution in [0.2, 0.25) is 0 Å². The van der Waals surface area contributed by atoms with E-state index in [1.54, 1.807) is 0 Å². The normalized spacial score (nSPS) is 16.2. The summed E-state index contributed by atoms with van der Waals surface area (Å²) in [5.41, 5.74) is 0.805. The molecule has 0 aromatic carbocycles. The molecule has 2 aromatic heterocycles. The topological polar surface area (TPSA) is 68.5 Å². The summed E-state index contributed by atoms with van der Waals surface area (Å²) in [4.78, 5) is 11.8. The van der Waals surface area contributed by atoms with Crippen molar-refractivity contribution in [1.82, 2.24) is 19.9 Å². The molecule has 1 unspecified atom stereocenters. The van der Waals surface area contributed by atoms with E-state index in [4.69, 9.17) is 4.74 Å². The van der Waals surface area contributed by atoms with Crippen molar-refractivity contribution >= 4 is 23.4 Å². The van der Waals surface area contributed by atoms with Gasteiger partial charge >= 0.3 is 5.97 Å². The highest BCUT2D eigenvalue weighted by molar-refractivity contribution is 7.99. The highest BCUT2D eigenvalue weighted by Gasteiger charge is 2.29. The zero-order valence-corrected chi connectivity index (χ0v) is 12.0. The molecule has 6 nitrogen and oxygen atoms in total. The van der Waals surface area contributed by atoms with Crippen LogP contribution in [0.25, 0.3) is 5.65 Å². The van der Waals surface area contributed by atoms with E-state index < -0.39 is 0 Å². The van der Waals surface area contributed by atoms with Crippen LogP contribution >= 0.6 is 11.8 Å². The molecule has 1 atom stereocenters. The molecular weight excluding hydrogens is 276 g/mol. The fourth-order valence-corrected chi connectivity index (χ4v) is 2.88. The summed E-state index contributed by atoms with van der Waals surface area (Å²) < 4.78 is 6.75. The second-order valence-corrected chi connectivity index (χ2v) is 5.73. The number of thioether (sulfide) groups is 1. The molecule has 1 fully saturated rings. The van der Waals surface area contributed by atoms with Gasteiger partial charge in [-0.3, -0.25) is 9.20 Å². The number of carbonyl (C=O) groups is 1. The maximum atomic E-state index is 11.8. The Morgan fingerprint density at radius 2 is 2.40 bits per heavy atom. The van der Waals surface area contributed by atoms with Crippen molar-refractivity contribution in [2.45, 2.75) is 30.1 Å². The minimum Gasteiger partial charge on any atom is -0.468 e. The minimum absolute atomic E-state index is 0.224. The average molecular weight is 292 g/mol.